The van der Waals surface area contributed by atoms with Gasteiger partial charge in [-0.2, -0.15) is 0 Å². The minimum Gasteiger partial charge on any atom is -0.489 e. The first-order valence-corrected chi connectivity index (χ1v) is 8.03. The molecule has 2 rings (SSSR count). The number of thiophene rings is 1. The van der Waals surface area contributed by atoms with Crippen molar-refractivity contribution in [2.24, 2.45) is 0 Å². The predicted octanol–water partition coefficient (Wildman–Crippen LogP) is 2.48. The summed E-state index contributed by atoms with van der Waals surface area (Å²) in [5.74, 6) is -0.485. The van der Waals surface area contributed by atoms with E-state index < -0.39 is 12.1 Å². The van der Waals surface area contributed by atoms with Crippen molar-refractivity contribution in [1.29, 1.82) is 0 Å². The third-order valence-corrected chi connectivity index (χ3v) is 4.62. The molecule has 0 spiro atoms. The van der Waals surface area contributed by atoms with E-state index in [1.165, 1.54) is 11.3 Å². The van der Waals surface area contributed by atoms with Crippen molar-refractivity contribution in [2.75, 3.05) is 13.2 Å². The molecule has 0 saturated heterocycles. The highest BCUT2D eigenvalue weighted by atomic mass is 35.5. The molecule has 1 aromatic rings. The molecule has 1 aromatic heterocycles. The van der Waals surface area contributed by atoms with Crippen LogP contribution in [-0.4, -0.2) is 41.0 Å². The smallest absolute Gasteiger partial charge is 0.349 e. The zero-order valence-corrected chi connectivity index (χ0v) is 14.8. The first kappa shape index (κ1) is 19.2. The van der Waals surface area contributed by atoms with Crippen LogP contribution in [0.5, 0.6) is 5.75 Å². The van der Waals surface area contributed by atoms with Gasteiger partial charge in [0.1, 0.15) is 18.5 Å². The Morgan fingerprint density at radius 1 is 1.41 bits per heavy atom. The van der Waals surface area contributed by atoms with Crippen molar-refractivity contribution >= 4 is 29.7 Å². The highest BCUT2D eigenvalue weighted by Crippen LogP contribution is 2.41. The van der Waals surface area contributed by atoms with Crippen LogP contribution in [0.15, 0.2) is 0 Å². The van der Waals surface area contributed by atoms with Crippen molar-refractivity contribution in [2.45, 2.75) is 51.7 Å². The van der Waals surface area contributed by atoms with E-state index in [0.29, 0.717) is 12.3 Å². The second-order valence-corrected chi connectivity index (χ2v) is 7.52. The van der Waals surface area contributed by atoms with E-state index in [9.17, 15) is 15.0 Å². The van der Waals surface area contributed by atoms with Gasteiger partial charge in [-0.1, -0.05) is 0 Å². The van der Waals surface area contributed by atoms with Crippen molar-refractivity contribution in [1.82, 2.24) is 5.32 Å². The molecule has 0 amide bonds. The van der Waals surface area contributed by atoms with E-state index in [1.807, 2.05) is 20.8 Å². The third kappa shape index (κ3) is 4.84. The van der Waals surface area contributed by atoms with E-state index in [-0.39, 0.29) is 29.4 Å². The number of β-amino-alcohol motifs (C(OH)–C–C–N with tert-alkyl or cyclic N) is 1. The maximum atomic E-state index is 11.3. The van der Waals surface area contributed by atoms with Gasteiger partial charge in [-0.3, -0.25) is 0 Å². The van der Waals surface area contributed by atoms with E-state index in [1.54, 1.807) is 0 Å². The molecule has 1 unspecified atom stereocenters. The molecule has 0 fully saturated rings. The van der Waals surface area contributed by atoms with Crippen molar-refractivity contribution in [3.63, 3.8) is 0 Å². The van der Waals surface area contributed by atoms with Gasteiger partial charge in [0.05, 0.1) is 0 Å². The molecule has 0 aromatic carbocycles. The number of halogens is 1. The number of fused-ring (bicyclic) bond motifs is 1. The van der Waals surface area contributed by atoms with Crippen molar-refractivity contribution < 1.29 is 19.7 Å². The van der Waals surface area contributed by atoms with Crippen LogP contribution in [0.3, 0.4) is 0 Å². The molecule has 0 saturated carbocycles. The molecule has 0 radical (unpaired) electrons. The largest absolute Gasteiger partial charge is 0.489 e. The van der Waals surface area contributed by atoms with E-state index >= 15 is 0 Å². The zero-order valence-electron chi connectivity index (χ0n) is 13.1. The number of hydrogen-bond donors (Lipinski definition) is 3. The summed E-state index contributed by atoms with van der Waals surface area (Å²) in [6.07, 6.45) is 2.18. The Morgan fingerprint density at radius 2 is 2.09 bits per heavy atom. The van der Waals surface area contributed by atoms with Crippen LogP contribution in [0.25, 0.3) is 0 Å². The normalized spacial score (nSPS) is 15.1. The summed E-state index contributed by atoms with van der Waals surface area (Å²) in [4.78, 5) is 12.7. The second-order valence-electron chi connectivity index (χ2n) is 6.42. The number of ether oxygens (including phenoxy) is 1. The average Bonchev–Trinajstić information content (AvgIpc) is 2.93. The van der Waals surface area contributed by atoms with Crippen LogP contribution in [0, 0.1) is 0 Å². The van der Waals surface area contributed by atoms with Crippen LogP contribution in [0.4, 0.5) is 0 Å². The highest BCUT2D eigenvalue weighted by Gasteiger charge is 2.27. The lowest BCUT2D eigenvalue weighted by atomic mass is 10.1. The van der Waals surface area contributed by atoms with Gasteiger partial charge in [0, 0.05) is 22.5 Å². The van der Waals surface area contributed by atoms with Crippen molar-refractivity contribution in [3.05, 3.63) is 15.3 Å². The molecule has 1 aliphatic rings. The molecule has 22 heavy (non-hydrogen) atoms. The minimum atomic E-state index is -0.952. The van der Waals surface area contributed by atoms with Gasteiger partial charge in [-0.15, -0.1) is 23.7 Å². The summed E-state index contributed by atoms with van der Waals surface area (Å²) in [6.45, 7) is 6.59. The van der Waals surface area contributed by atoms with Gasteiger partial charge in [0.15, 0.2) is 4.88 Å². The number of aryl methyl sites for hydroxylation is 1. The fourth-order valence-electron chi connectivity index (χ4n) is 2.33. The predicted molar refractivity (Wildman–Crippen MR) is 89.8 cm³/mol. The number of rotatable bonds is 6. The monoisotopic (exact) mass is 349 g/mol. The number of aliphatic hydroxyl groups excluding tert-OH is 1. The number of carboxylic acid groups (broad SMARTS) is 1. The molecule has 1 heterocycles. The number of nitrogens with one attached hydrogen (secondary N) is 1. The molecule has 1 aliphatic carbocycles. The SMILES string of the molecule is CC(C)(C)NCC(O)COc1c(C(=O)O)sc2c1CCC2.Cl. The molecule has 1 atom stereocenters. The first-order chi connectivity index (χ1) is 9.78. The number of aromatic carboxylic acids is 1. The van der Waals surface area contributed by atoms with Gasteiger partial charge in [0.25, 0.3) is 0 Å². The van der Waals surface area contributed by atoms with Crippen LogP contribution in [-0.2, 0) is 12.8 Å². The molecule has 126 valence electrons. The summed E-state index contributed by atoms with van der Waals surface area (Å²) in [7, 11) is 0. The van der Waals surface area contributed by atoms with Gasteiger partial charge < -0.3 is 20.3 Å². The van der Waals surface area contributed by atoms with E-state index in [4.69, 9.17) is 4.74 Å². The summed E-state index contributed by atoms with van der Waals surface area (Å²) in [6, 6.07) is 0. The fourth-order valence-corrected chi connectivity index (χ4v) is 3.50. The quantitative estimate of drug-likeness (QED) is 0.735. The molecule has 5 nitrogen and oxygen atoms in total. The molecule has 0 bridgehead atoms. The number of carboxylic acids is 1. The lowest BCUT2D eigenvalue weighted by Gasteiger charge is -2.23. The maximum absolute atomic E-state index is 11.3. The number of hydrogen-bond acceptors (Lipinski definition) is 5. The van der Waals surface area contributed by atoms with Gasteiger partial charge >= 0.3 is 5.97 Å². The Hall–Kier alpha value is -0.820. The average molecular weight is 350 g/mol. The Morgan fingerprint density at radius 3 is 2.68 bits per heavy atom. The Kier molecular flexibility index (Phi) is 6.67. The number of carbonyl (C=O) groups is 1. The Bertz CT molecular complexity index is 524. The van der Waals surface area contributed by atoms with E-state index in [0.717, 1.165) is 29.7 Å². The summed E-state index contributed by atoms with van der Waals surface area (Å²) >= 11 is 1.30. The fraction of sp³-hybridized carbons (Fsp3) is 0.667. The summed E-state index contributed by atoms with van der Waals surface area (Å²) < 4.78 is 5.65. The van der Waals surface area contributed by atoms with E-state index in [2.05, 4.69) is 5.32 Å². The third-order valence-electron chi connectivity index (χ3n) is 3.36. The second kappa shape index (κ2) is 7.64. The minimum absolute atomic E-state index is 0. The van der Waals surface area contributed by atoms with Crippen LogP contribution < -0.4 is 10.1 Å². The molecule has 7 heteroatoms. The van der Waals surface area contributed by atoms with Crippen LogP contribution in [0.2, 0.25) is 0 Å². The Labute approximate surface area is 141 Å². The summed E-state index contributed by atoms with van der Waals surface area (Å²) in [5, 5.41) is 22.4. The van der Waals surface area contributed by atoms with Gasteiger partial charge in [-0.05, 0) is 40.0 Å². The molecular formula is C15H24ClNO4S. The molecular weight excluding hydrogens is 326 g/mol. The van der Waals surface area contributed by atoms with Gasteiger partial charge in [0.2, 0.25) is 0 Å². The number of aliphatic hydroxyl groups is 1. The topological polar surface area (TPSA) is 78.8 Å². The van der Waals surface area contributed by atoms with Crippen LogP contribution in [0.1, 0.15) is 47.3 Å². The zero-order chi connectivity index (χ0) is 15.6. The maximum Gasteiger partial charge on any atom is 0.349 e. The van der Waals surface area contributed by atoms with Gasteiger partial charge in [-0.25, -0.2) is 4.79 Å². The lowest BCUT2D eigenvalue weighted by molar-refractivity contribution is 0.0687. The first-order valence-electron chi connectivity index (χ1n) is 7.21. The Balaban J connectivity index is 0.00000242. The summed E-state index contributed by atoms with van der Waals surface area (Å²) in [5.41, 5.74) is 0.949. The van der Waals surface area contributed by atoms with Crippen LogP contribution >= 0.6 is 23.7 Å². The van der Waals surface area contributed by atoms with Crippen molar-refractivity contribution in [3.8, 4) is 5.75 Å². The standard InChI is InChI=1S/C15H23NO4S.ClH/c1-15(2,3)16-7-9(17)8-20-12-10-5-4-6-11(10)21-13(12)14(18)19;/h9,16-17H,4-8H2,1-3H3,(H,18,19);1H. The highest BCUT2D eigenvalue weighted by molar-refractivity contribution is 7.14. The molecule has 3 N–H and O–H groups in total. The molecule has 0 aliphatic heterocycles. The lowest BCUT2D eigenvalue weighted by Crippen LogP contribution is -2.42.